The smallest absolute Gasteiger partial charge is 0.264 e. The lowest BCUT2D eigenvalue weighted by Gasteiger charge is -2.24. The summed E-state index contributed by atoms with van der Waals surface area (Å²) >= 11 is 12.2. The van der Waals surface area contributed by atoms with Gasteiger partial charge in [-0.3, -0.25) is 9.10 Å². The standard InChI is InChI=1S/C24H23Cl2N3O5S2/c25-18-14-19(26)16-21(15-18)29(36(33,34)22-6-2-1-3-7-22)17-24(30)27-20-8-10-23(11-9-20)35(31,32)28-12-4-5-13-28/h1-3,6-11,14-16H,4-5,12-13,17H2,(H,27,30). The van der Waals surface area contributed by atoms with Crippen molar-refractivity contribution in [2.75, 3.05) is 29.3 Å². The predicted octanol–water partition coefficient (Wildman–Crippen LogP) is 4.61. The van der Waals surface area contributed by atoms with Gasteiger partial charge in [-0.1, -0.05) is 41.4 Å². The second-order valence-corrected chi connectivity index (χ2v) is 12.8. The number of amides is 1. The van der Waals surface area contributed by atoms with E-state index in [0.717, 1.165) is 17.1 Å². The van der Waals surface area contributed by atoms with Crippen molar-refractivity contribution >= 4 is 60.5 Å². The van der Waals surface area contributed by atoms with Gasteiger partial charge in [0.15, 0.2) is 0 Å². The lowest BCUT2D eigenvalue weighted by molar-refractivity contribution is -0.114. The zero-order valence-corrected chi connectivity index (χ0v) is 22.1. The van der Waals surface area contributed by atoms with E-state index >= 15 is 0 Å². The minimum absolute atomic E-state index is 0.00892. The molecule has 1 saturated heterocycles. The summed E-state index contributed by atoms with van der Waals surface area (Å²) < 4.78 is 54.6. The largest absolute Gasteiger partial charge is 0.325 e. The van der Waals surface area contributed by atoms with Crippen molar-refractivity contribution in [3.8, 4) is 0 Å². The van der Waals surface area contributed by atoms with Crippen LogP contribution in [0.3, 0.4) is 0 Å². The van der Waals surface area contributed by atoms with Crippen LogP contribution in [-0.2, 0) is 24.8 Å². The zero-order valence-electron chi connectivity index (χ0n) is 19.0. The monoisotopic (exact) mass is 567 g/mol. The van der Waals surface area contributed by atoms with Crippen LogP contribution in [0.15, 0.2) is 82.6 Å². The summed E-state index contributed by atoms with van der Waals surface area (Å²) in [4.78, 5) is 13.0. The minimum atomic E-state index is -4.14. The van der Waals surface area contributed by atoms with E-state index in [1.54, 1.807) is 18.2 Å². The summed E-state index contributed by atoms with van der Waals surface area (Å²) in [5.41, 5.74) is 0.445. The maximum absolute atomic E-state index is 13.4. The summed E-state index contributed by atoms with van der Waals surface area (Å²) in [5, 5.41) is 3.04. The maximum atomic E-state index is 13.4. The van der Waals surface area contributed by atoms with E-state index in [4.69, 9.17) is 23.2 Å². The number of nitrogens with zero attached hydrogens (tertiary/aromatic N) is 2. The third-order valence-electron chi connectivity index (χ3n) is 5.59. The number of sulfonamides is 2. The van der Waals surface area contributed by atoms with Crippen molar-refractivity contribution in [1.82, 2.24) is 4.31 Å². The number of carbonyl (C=O) groups excluding carboxylic acids is 1. The van der Waals surface area contributed by atoms with Gasteiger partial charge in [0.05, 0.1) is 15.5 Å². The Morgan fingerprint density at radius 1 is 0.833 bits per heavy atom. The van der Waals surface area contributed by atoms with Crippen LogP contribution < -0.4 is 9.62 Å². The van der Waals surface area contributed by atoms with E-state index in [0.29, 0.717) is 18.8 Å². The molecule has 0 unspecified atom stereocenters. The highest BCUT2D eigenvalue weighted by atomic mass is 35.5. The molecule has 0 spiro atoms. The molecular weight excluding hydrogens is 545 g/mol. The van der Waals surface area contributed by atoms with Crippen molar-refractivity contribution in [2.45, 2.75) is 22.6 Å². The van der Waals surface area contributed by atoms with Crippen LogP contribution in [0.1, 0.15) is 12.8 Å². The molecule has 1 aliphatic rings. The minimum Gasteiger partial charge on any atom is -0.325 e. The van der Waals surface area contributed by atoms with E-state index in [9.17, 15) is 21.6 Å². The van der Waals surface area contributed by atoms with Gasteiger partial charge in [-0.15, -0.1) is 0 Å². The Balaban J connectivity index is 1.57. The molecule has 3 aromatic rings. The molecular formula is C24H23Cl2N3O5S2. The first-order valence-electron chi connectivity index (χ1n) is 11.0. The summed E-state index contributed by atoms with van der Waals surface area (Å²) in [7, 11) is -7.73. The van der Waals surface area contributed by atoms with E-state index < -0.39 is 32.5 Å². The Kier molecular flexibility index (Phi) is 7.91. The first kappa shape index (κ1) is 26.4. The molecule has 12 heteroatoms. The number of hydrogen-bond acceptors (Lipinski definition) is 5. The van der Waals surface area contributed by atoms with E-state index in [-0.39, 0.29) is 25.5 Å². The Bertz CT molecular complexity index is 1440. The molecule has 0 aromatic heterocycles. The van der Waals surface area contributed by atoms with Gasteiger partial charge in [0.1, 0.15) is 6.54 Å². The summed E-state index contributed by atoms with van der Waals surface area (Å²) in [6.45, 7) is 0.405. The molecule has 36 heavy (non-hydrogen) atoms. The molecule has 0 atom stereocenters. The number of rotatable bonds is 8. The fourth-order valence-electron chi connectivity index (χ4n) is 3.84. The first-order valence-corrected chi connectivity index (χ1v) is 14.6. The normalized spacial score (nSPS) is 14.5. The number of anilines is 2. The van der Waals surface area contributed by atoms with Gasteiger partial charge in [0.2, 0.25) is 15.9 Å². The van der Waals surface area contributed by atoms with Crippen LogP contribution in [0, 0.1) is 0 Å². The average Bonchev–Trinajstić information content (AvgIpc) is 3.39. The highest BCUT2D eigenvalue weighted by molar-refractivity contribution is 7.92. The molecule has 1 fully saturated rings. The van der Waals surface area contributed by atoms with Crippen molar-refractivity contribution in [2.24, 2.45) is 0 Å². The van der Waals surface area contributed by atoms with Gasteiger partial charge < -0.3 is 5.32 Å². The molecule has 1 aliphatic heterocycles. The predicted molar refractivity (Wildman–Crippen MR) is 141 cm³/mol. The second kappa shape index (κ2) is 10.8. The Morgan fingerprint density at radius 3 is 2.00 bits per heavy atom. The van der Waals surface area contributed by atoms with Crippen LogP contribution in [0.5, 0.6) is 0 Å². The van der Waals surface area contributed by atoms with Gasteiger partial charge in [-0.2, -0.15) is 4.31 Å². The highest BCUT2D eigenvalue weighted by Gasteiger charge is 2.29. The van der Waals surface area contributed by atoms with Gasteiger partial charge >= 0.3 is 0 Å². The maximum Gasteiger partial charge on any atom is 0.264 e. The van der Waals surface area contributed by atoms with Gasteiger partial charge in [0, 0.05) is 28.8 Å². The topological polar surface area (TPSA) is 104 Å². The second-order valence-electron chi connectivity index (χ2n) is 8.14. The summed E-state index contributed by atoms with van der Waals surface area (Å²) in [5.74, 6) is -0.638. The molecule has 1 N–H and O–H groups in total. The Labute approximate surface area is 220 Å². The molecule has 4 rings (SSSR count). The Morgan fingerprint density at radius 2 is 1.42 bits per heavy atom. The molecule has 0 radical (unpaired) electrons. The molecule has 0 saturated carbocycles. The molecule has 8 nitrogen and oxygen atoms in total. The van der Waals surface area contributed by atoms with Crippen molar-refractivity contribution in [1.29, 1.82) is 0 Å². The van der Waals surface area contributed by atoms with Crippen molar-refractivity contribution in [3.05, 3.63) is 82.8 Å². The van der Waals surface area contributed by atoms with Gasteiger partial charge in [-0.05, 0) is 67.4 Å². The number of benzene rings is 3. The first-order chi connectivity index (χ1) is 17.1. The number of hydrogen-bond donors (Lipinski definition) is 1. The number of halogens is 2. The number of carbonyl (C=O) groups is 1. The van der Waals surface area contributed by atoms with Crippen molar-refractivity contribution < 1.29 is 21.6 Å². The molecule has 1 heterocycles. The quantitative estimate of drug-likeness (QED) is 0.428. The summed E-state index contributed by atoms with van der Waals surface area (Å²) in [6.07, 6.45) is 1.65. The van der Waals surface area contributed by atoms with Crippen LogP contribution in [0.2, 0.25) is 10.0 Å². The third kappa shape index (κ3) is 5.84. The molecule has 0 aliphatic carbocycles. The van der Waals surface area contributed by atoms with Crippen LogP contribution in [0.4, 0.5) is 11.4 Å². The van der Waals surface area contributed by atoms with Crippen molar-refractivity contribution in [3.63, 3.8) is 0 Å². The molecule has 190 valence electrons. The van der Waals surface area contributed by atoms with Gasteiger partial charge in [-0.25, -0.2) is 16.8 Å². The van der Waals surface area contributed by atoms with E-state index in [1.807, 2.05) is 0 Å². The zero-order chi connectivity index (χ0) is 25.9. The molecule has 1 amide bonds. The van der Waals surface area contributed by atoms with E-state index in [2.05, 4.69) is 5.32 Å². The van der Waals surface area contributed by atoms with Gasteiger partial charge in [0.25, 0.3) is 10.0 Å². The fraction of sp³-hybridized carbons (Fsp3) is 0.208. The number of nitrogens with one attached hydrogen (secondary N) is 1. The SMILES string of the molecule is O=C(CN(c1cc(Cl)cc(Cl)c1)S(=O)(=O)c1ccccc1)Nc1ccc(S(=O)(=O)N2CCCC2)cc1. The highest BCUT2D eigenvalue weighted by Crippen LogP contribution is 2.30. The third-order valence-corrected chi connectivity index (χ3v) is 9.73. The van der Waals surface area contributed by atoms with Crippen LogP contribution >= 0.6 is 23.2 Å². The summed E-state index contributed by atoms with van der Waals surface area (Å²) in [6, 6.07) is 17.7. The average molecular weight is 569 g/mol. The molecule has 0 bridgehead atoms. The van der Waals surface area contributed by atoms with Crippen LogP contribution in [-0.4, -0.2) is 46.7 Å². The Hall–Kier alpha value is -2.63. The van der Waals surface area contributed by atoms with Crippen LogP contribution in [0.25, 0.3) is 0 Å². The molecule has 3 aromatic carbocycles. The lowest BCUT2D eigenvalue weighted by Crippen LogP contribution is -2.38. The lowest BCUT2D eigenvalue weighted by atomic mass is 10.3. The fourth-order valence-corrected chi connectivity index (χ4v) is 7.29. The van der Waals surface area contributed by atoms with E-state index in [1.165, 1.54) is 58.9 Å².